The van der Waals surface area contributed by atoms with Crippen LogP contribution in [0.25, 0.3) is 0 Å². The van der Waals surface area contributed by atoms with Gasteiger partial charge in [-0.2, -0.15) is 0 Å². The van der Waals surface area contributed by atoms with Crippen molar-refractivity contribution in [2.75, 3.05) is 7.05 Å². The summed E-state index contributed by atoms with van der Waals surface area (Å²) in [6.07, 6.45) is 3.33. The molecule has 1 aromatic heterocycles. The average Bonchev–Trinajstić information content (AvgIpc) is 2.38. The van der Waals surface area contributed by atoms with Crippen molar-refractivity contribution in [3.63, 3.8) is 0 Å². The topological polar surface area (TPSA) is 34.2 Å². The van der Waals surface area contributed by atoms with Gasteiger partial charge in [-0.1, -0.05) is 34.8 Å². The number of hydrogen-bond donors (Lipinski definition) is 1. The van der Waals surface area contributed by atoms with E-state index in [0.29, 0.717) is 33.1 Å². The van der Waals surface area contributed by atoms with Crippen LogP contribution in [0, 0.1) is 0 Å². The summed E-state index contributed by atoms with van der Waals surface area (Å²) in [5, 5.41) is 4.23. The lowest BCUT2D eigenvalue weighted by Gasteiger charge is -2.12. The van der Waals surface area contributed by atoms with Crippen molar-refractivity contribution in [1.29, 1.82) is 0 Å². The van der Waals surface area contributed by atoms with Gasteiger partial charge in [-0.15, -0.1) is 0 Å². The molecule has 19 heavy (non-hydrogen) atoms. The molecule has 0 aliphatic rings. The van der Waals surface area contributed by atoms with Gasteiger partial charge >= 0.3 is 0 Å². The third kappa shape index (κ3) is 3.51. The number of aromatic nitrogens is 1. The summed E-state index contributed by atoms with van der Waals surface area (Å²) in [7, 11) is 1.86. The maximum Gasteiger partial charge on any atom is 0.150 e. The number of halogens is 3. The van der Waals surface area contributed by atoms with Gasteiger partial charge in [-0.25, -0.2) is 0 Å². The fourth-order valence-corrected chi connectivity index (χ4v) is 2.11. The summed E-state index contributed by atoms with van der Waals surface area (Å²) in [4.78, 5) is 4.04. The number of benzene rings is 1. The normalized spacial score (nSPS) is 10.5. The maximum absolute atomic E-state index is 6.08. The van der Waals surface area contributed by atoms with Gasteiger partial charge in [0, 0.05) is 24.4 Å². The number of pyridine rings is 1. The van der Waals surface area contributed by atoms with Crippen molar-refractivity contribution < 1.29 is 4.74 Å². The second kappa shape index (κ2) is 6.44. The number of nitrogens with zero attached hydrogens (tertiary/aromatic N) is 1. The Morgan fingerprint density at radius 3 is 2.58 bits per heavy atom. The van der Waals surface area contributed by atoms with E-state index >= 15 is 0 Å². The van der Waals surface area contributed by atoms with Crippen molar-refractivity contribution in [1.82, 2.24) is 10.3 Å². The fourth-order valence-electron chi connectivity index (χ4n) is 1.54. The minimum Gasteiger partial charge on any atom is -0.454 e. The van der Waals surface area contributed by atoms with Gasteiger partial charge in [0.15, 0.2) is 0 Å². The van der Waals surface area contributed by atoms with E-state index < -0.39 is 0 Å². The van der Waals surface area contributed by atoms with E-state index in [2.05, 4.69) is 10.3 Å². The molecule has 0 saturated heterocycles. The predicted molar refractivity (Wildman–Crippen MR) is 78.5 cm³/mol. The summed E-state index contributed by atoms with van der Waals surface area (Å²) in [6.45, 7) is 0.663. The Labute approximate surface area is 126 Å². The molecule has 2 rings (SSSR count). The smallest absolute Gasteiger partial charge is 0.150 e. The van der Waals surface area contributed by atoms with E-state index in [1.54, 1.807) is 24.5 Å². The minimum atomic E-state index is 0.389. The van der Waals surface area contributed by atoms with Gasteiger partial charge < -0.3 is 10.1 Å². The molecule has 100 valence electrons. The summed E-state index contributed by atoms with van der Waals surface area (Å²) in [5.74, 6) is 1.07. The number of ether oxygens (including phenoxy) is 1. The highest BCUT2D eigenvalue weighted by Gasteiger charge is 2.10. The maximum atomic E-state index is 6.08. The van der Waals surface area contributed by atoms with E-state index in [1.165, 1.54) is 0 Å². The molecule has 0 fully saturated rings. The van der Waals surface area contributed by atoms with Gasteiger partial charge in [0.05, 0.1) is 21.3 Å². The van der Waals surface area contributed by atoms with Crippen molar-refractivity contribution in [2.45, 2.75) is 6.54 Å². The van der Waals surface area contributed by atoms with Crippen molar-refractivity contribution in [3.8, 4) is 11.5 Å². The van der Waals surface area contributed by atoms with Crippen LogP contribution in [0.2, 0.25) is 15.1 Å². The molecular weight excluding hydrogens is 307 g/mol. The van der Waals surface area contributed by atoms with Crippen molar-refractivity contribution in [3.05, 3.63) is 51.2 Å². The first-order valence-electron chi connectivity index (χ1n) is 5.51. The van der Waals surface area contributed by atoms with Crippen LogP contribution in [0.3, 0.4) is 0 Å². The largest absolute Gasteiger partial charge is 0.454 e. The van der Waals surface area contributed by atoms with Gasteiger partial charge in [-0.05, 0) is 19.2 Å². The highest BCUT2D eigenvalue weighted by molar-refractivity contribution is 6.43. The molecule has 0 atom stereocenters. The van der Waals surface area contributed by atoms with Crippen LogP contribution in [-0.4, -0.2) is 12.0 Å². The van der Waals surface area contributed by atoms with Crippen LogP contribution in [0.5, 0.6) is 11.5 Å². The van der Waals surface area contributed by atoms with Crippen molar-refractivity contribution >= 4 is 34.8 Å². The second-order valence-corrected chi connectivity index (χ2v) is 5.03. The monoisotopic (exact) mass is 316 g/mol. The Morgan fingerprint density at radius 1 is 1.11 bits per heavy atom. The van der Waals surface area contributed by atoms with E-state index in [1.807, 2.05) is 13.1 Å². The molecule has 0 radical (unpaired) electrons. The van der Waals surface area contributed by atoms with Gasteiger partial charge in [-0.3, -0.25) is 4.98 Å². The first kappa shape index (κ1) is 14.4. The Hall–Kier alpha value is -1.000. The minimum absolute atomic E-state index is 0.389. The lowest BCUT2D eigenvalue weighted by molar-refractivity contribution is 0.472. The second-order valence-electron chi connectivity index (χ2n) is 3.81. The van der Waals surface area contributed by atoms with Crippen LogP contribution in [0.4, 0.5) is 0 Å². The number of hydrogen-bond acceptors (Lipinski definition) is 3. The van der Waals surface area contributed by atoms with Crippen LogP contribution < -0.4 is 10.1 Å². The zero-order valence-electron chi connectivity index (χ0n) is 10.1. The molecule has 6 heteroatoms. The summed E-state index contributed by atoms with van der Waals surface area (Å²) >= 11 is 17.9. The summed E-state index contributed by atoms with van der Waals surface area (Å²) < 4.78 is 5.75. The zero-order valence-corrected chi connectivity index (χ0v) is 12.4. The summed E-state index contributed by atoms with van der Waals surface area (Å²) in [5.41, 5.74) is 0.972. The zero-order chi connectivity index (χ0) is 13.8. The van der Waals surface area contributed by atoms with E-state index in [4.69, 9.17) is 39.5 Å². The molecular formula is C13H11Cl3N2O. The summed E-state index contributed by atoms with van der Waals surface area (Å²) in [6, 6.07) is 5.01. The van der Waals surface area contributed by atoms with Crippen LogP contribution >= 0.6 is 34.8 Å². The molecule has 0 saturated carbocycles. The van der Waals surface area contributed by atoms with Crippen LogP contribution in [0.15, 0.2) is 30.6 Å². The molecule has 1 N–H and O–H groups in total. The standard InChI is InChI=1S/C13H11Cl3N2O/c1-17-6-8-2-3-18-7-13(8)19-12-5-10(15)9(14)4-11(12)16/h2-5,7,17H,6H2,1H3. The molecule has 0 aliphatic carbocycles. The molecule has 0 bridgehead atoms. The third-order valence-corrected chi connectivity index (χ3v) is 3.45. The molecule has 3 nitrogen and oxygen atoms in total. The molecule has 0 amide bonds. The average molecular weight is 318 g/mol. The van der Waals surface area contributed by atoms with Crippen LogP contribution in [-0.2, 0) is 6.54 Å². The van der Waals surface area contributed by atoms with Gasteiger partial charge in [0.2, 0.25) is 0 Å². The van der Waals surface area contributed by atoms with Crippen LogP contribution in [0.1, 0.15) is 5.56 Å². The van der Waals surface area contributed by atoms with Crippen molar-refractivity contribution in [2.24, 2.45) is 0 Å². The van der Waals surface area contributed by atoms with E-state index in [0.717, 1.165) is 5.56 Å². The molecule has 0 spiro atoms. The Kier molecular flexibility index (Phi) is 4.88. The molecule has 1 heterocycles. The quantitative estimate of drug-likeness (QED) is 0.840. The van der Waals surface area contributed by atoms with Gasteiger partial charge in [0.25, 0.3) is 0 Å². The molecule has 1 aromatic carbocycles. The highest BCUT2D eigenvalue weighted by Crippen LogP contribution is 2.36. The number of nitrogens with one attached hydrogen (secondary N) is 1. The fraction of sp³-hybridized carbons (Fsp3) is 0.154. The third-order valence-electron chi connectivity index (χ3n) is 2.43. The first-order chi connectivity index (χ1) is 9.11. The first-order valence-corrected chi connectivity index (χ1v) is 6.65. The molecule has 2 aromatic rings. The molecule has 0 unspecified atom stereocenters. The SMILES string of the molecule is CNCc1ccncc1Oc1cc(Cl)c(Cl)cc1Cl. The Morgan fingerprint density at radius 2 is 1.84 bits per heavy atom. The number of rotatable bonds is 4. The molecule has 0 aliphatic heterocycles. The van der Waals surface area contributed by atoms with Gasteiger partial charge in [0.1, 0.15) is 11.5 Å². The lowest BCUT2D eigenvalue weighted by Crippen LogP contribution is -2.06. The van der Waals surface area contributed by atoms with E-state index in [9.17, 15) is 0 Å². The predicted octanol–water partition coefficient (Wildman–Crippen LogP) is 4.55. The Bertz CT molecular complexity index is 590. The highest BCUT2D eigenvalue weighted by atomic mass is 35.5. The lowest BCUT2D eigenvalue weighted by atomic mass is 10.2. The Balaban J connectivity index is 2.33. The van der Waals surface area contributed by atoms with E-state index in [-0.39, 0.29) is 0 Å².